The number of rotatable bonds is 6. The molecule has 0 aromatic heterocycles. The lowest BCUT2D eigenvalue weighted by Crippen LogP contribution is -2.35. The minimum Gasteiger partial charge on any atom is -0.456 e. The Labute approximate surface area is 174 Å². The molecule has 1 aliphatic rings. The number of amides is 1. The van der Waals surface area contributed by atoms with Crippen LogP contribution in [-0.2, 0) is 16.1 Å². The van der Waals surface area contributed by atoms with Gasteiger partial charge in [0.05, 0.1) is 11.1 Å². The molecule has 1 saturated heterocycles. The van der Waals surface area contributed by atoms with E-state index in [1.807, 2.05) is 24.3 Å². The second-order valence-electron chi connectivity index (χ2n) is 6.08. The summed E-state index contributed by atoms with van der Waals surface area (Å²) in [4.78, 5) is 12.1. The van der Waals surface area contributed by atoms with Crippen molar-refractivity contribution in [3.63, 3.8) is 0 Å². The molecule has 0 spiro atoms. The van der Waals surface area contributed by atoms with E-state index in [2.05, 4.69) is 5.32 Å². The first-order valence-corrected chi connectivity index (χ1v) is 9.16. The molecule has 27 heavy (non-hydrogen) atoms. The molecule has 0 unspecified atom stereocenters. The van der Waals surface area contributed by atoms with Gasteiger partial charge in [0.1, 0.15) is 22.6 Å². The van der Waals surface area contributed by atoms with Gasteiger partial charge in [-0.3, -0.25) is 4.79 Å². The van der Waals surface area contributed by atoms with E-state index < -0.39 is 6.10 Å². The zero-order chi connectivity index (χ0) is 18.5. The first kappa shape index (κ1) is 21.8. The highest BCUT2D eigenvalue weighted by Gasteiger charge is 2.29. The van der Waals surface area contributed by atoms with Crippen molar-refractivity contribution in [3.05, 3.63) is 58.1 Å². The third-order valence-corrected chi connectivity index (χ3v) is 5.00. The van der Waals surface area contributed by atoms with Gasteiger partial charge in [-0.15, -0.1) is 12.4 Å². The molecule has 5 nitrogen and oxygen atoms in total. The highest BCUT2D eigenvalue weighted by Crippen LogP contribution is 2.34. The number of hydrogen-bond acceptors (Lipinski definition) is 4. The van der Waals surface area contributed by atoms with Crippen molar-refractivity contribution in [2.24, 2.45) is 5.73 Å². The van der Waals surface area contributed by atoms with E-state index in [1.165, 1.54) is 0 Å². The van der Waals surface area contributed by atoms with Crippen molar-refractivity contribution in [1.29, 1.82) is 0 Å². The fraction of sp³-hybridized carbons (Fsp3) is 0.316. The summed E-state index contributed by atoms with van der Waals surface area (Å²) in [5.41, 5.74) is 6.52. The summed E-state index contributed by atoms with van der Waals surface area (Å²) in [5.74, 6) is 1.02. The molecule has 1 heterocycles. The lowest BCUT2D eigenvalue weighted by molar-refractivity contribution is -0.132. The number of nitrogens with two attached hydrogens (primary N) is 1. The Morgan fingerprint density at radius 2 is 1.93 bits per heavy atom. The number of nitrogens with one attached hydrogen (secondary N) is 1. The van der Waals surface area contributed by atoms with Gasteiger partial charge in [-0.1, -0.05) is 41.4 Å². The lowest BCUT2D eigenvalue weighted by Gasteiger charge is -2.13. The van der Waals surface area contributed by atoms with Crippen molar-refractivity contribution in [1.82, 2.24) is 5.32 Å². The van der Waals surface area contributed by atoms with E-state index >= 15 is 0 Å². The third-order valence-electron chi connectivity index (χ3n) is 4.20. The summed E-state index contributed by atoms with van der Waals surface area (Å²) >= 11 is 12.1. The molecule has 1 aliphatic heterocycles. The minimum atomic E-state index is -0.406. The van der Waals surface area contributed by atoms with Crippen LogP contribution in [0.2, 0.25) is 10.0 Å². The standard InChI is InChI=1S/C19H20Cl2N2O3.ClH/c20-15-2-1-3-16(18(15)21)25-13-6-4-12(5-7-13)11-23-19(24)17-9-8-14(10-22)26-17;/h1-7,14,17H,8-11,22H2,(H,23,24);1H/t14-,17+;/m1./s1. The predicted molar refractivity (Wildman–Crippen MR) is 109 cm³/mol. The molecule has 146 valence electrons. The molecule has 0 aliphatic carbocycles. The van der Waals surface area contributed by atoms with E-state index in [9.17, 15) is 4.79 Å². The van der Waals surface area contributed by atoms with Crippen LogP contribution < -0.4 is 15.8 Å². The van der Waals surface area contributed by atoms with Crippen LogP contribution in [0.1, 0.15) is 18.4 Å². The summed E-state index contributed by atoms with van der Waals surface area (Å²) in [6.45, 7) is 0.867. The van der Waals surface area contributed by atoms with Crippen LogP contribution >= 0.6 is 35.6 Å². The van der Waals surface area contributed by atoms with Crippen molar-refractivity contribution in [2.75, 3.05) is 6.54 Å². The van der Waals surface area contributed by atoms with E-state index in [-0.39, 0.29) is 24.4 Å². The molecule has 0 bridgehead atoms. The van der Waals surface area contributed by atoms with Gasteiger partial charge in [-0.2, -0.15) is 0 Å². The van der Waals surface area contributed by atoms with Crippen molar-refractivity contribution >= 4 is 41.5 Å². The summed E-state index contributed by atoms with van der Waals surface area (Å²) in [6, 6.07) is 12.6. The number of halogens is 3. The maximum atomic E-state index is 12.1. The normalized spacial score (nSPS) is 18.6. The second kappa shape index (κ2) is 10.2. The van der Waals surface area contributed by atoms with Crippen LogP contribution in [0.25, 0.3) is 0 Å². The molecule has 2 aromatic rings. The van der Waals surface area contributed by atoms with Gasteiger partial charge in [-0.25, -0.2) is 0 Å². The molecule has 1 amide bonds. The van der Waals surface area contributed by atoms with Gasteiger partial charge in [0.15, 0.2) is 0 Å². The van der Waals surface area contributed by atoms with Crippen LogP contribution in [0.4, 0.5) is 0 Å². The molecule has 8 heteroatoms. The Hall–Kier alpha value is -1.50. The molecule has 2 aromatic carbocycles. The predicted octanol–water partition coefficient (Wildman–Crippen LogP) is 4.33. The zero-order valence-electron chi connectivity index (χ0n) is 14.5. The number of carbonyl (C=O) groups is 1. The SMILES string of the molecule is Cl.NC[C@H]1CC[C@@H](C(=O)NCc2ccc(Oc3cccc(Cl)c3Cl)cc2)O1. The number of hydrogen-bond donors (Lipinski definition) is 2. The van der Waals surface area contributed by atoms with E-state index in [0.717, 1.165) is 12.0 Å². The maximum Gasteiger partial charge on any atom is 0.249 e. The Morgan fingerprint density at radius 3 is 2.59 bits per heavy atom. The summed E-state index contributed by atoms with van der Waals surface area (Å²) < 4.78 is 11.3. The van der Waals surface area contributed by atoms with E-state index in [0.29, 0.717) is 41.1 Å². The van der Waals surface area contributed by atoms with Gasteiger partial charge in [0, 0.05) is 13.1 Å². The van der Waals surface area contributed by atoms with Crippen LogP contribution in [-0.4, -0.2) is 24.7 Å². The van der Waals surface area contributed by atoms with E-state index in [1.54, 1.807) is 18.2 Å². The smallest absolute Gasteiger partial charge is 0.249 e. The van der Waals surface area contributed by atoms with Crippen LogP contribution in [0.5, 0.6) is 11.5 Å². The van der Waals surface area contributed by atoms with E-state index in [4.69, 9.17) is 38.4 Å². The van der Waals surface area contributed by atoms with Gasteiger partial charge < -0.3 is 20.5 Å². The fourth-order valence-electron chi connectivity index (χ4n) is 2.74. The Kier molecular flexibility index (Phi) is 8.20. The van der Waals surface area contributed by atoms with Gasteiger partial charge in [0.2, 0.25) is 5.91 Å². The Balaban J connectivity index is 0.00000261. The average molecular weight is 432 g/mol. The monoisotopic (exact) mass is 430 g/mol. The molecular formula is C19H21Cl3N2O3. The Bertz CT molecular complexity index is 771. The molecular weight excluding hydrogens is 411 g/mol. The highest BCUT2D eigenvalue weighted by atomic mass is 35.5. The molecule has 3 N–H and O–H groups in total. The third kappa shape index (κ3) is 5.74. The van der Waals surface area contributed by atoms with Crippen molar-refractivity contribution in [3.8, 4) is 11.5 Å². The molecule has 0 radical (unpaired) electrons. The van der Waals surface area contributed by atoms with Crippen LogP contribution in [0, 0.1) is 0 Å². The molecule has 1 fully saturated rings. The topological polar surface area (TPSA) is 73.6 Å². The largest absolute Gasteiger partial charge is 0.456 e. The quantitative estimate of drug-likeness (QED) is 0.714. The summed E-state index contributed by atoms with van der Waals surface area (Å²) in [5, 5.41) is 3.70. The summed E-state index contributed by atoms with van der Waals surface area (Å²) in [7, 11) is 0. The van der Waals surface area contributed by atoms with Crippen LogP contribution in [0.3, 0.4) is 0 Å². The number of benzene rings is 2. The van der Waals surface area contributed by atoms with Crippen molar-refractivity contribution < 1.29 is 14.3 Å². The van der Waals surface area contributed by atoms with Crippen LogP contribution in [0.15, 0.2) is 42.5 Å². The average Bonchev–Trinajstić information content (AvgIpc) is 3.14. The fourth-order valence-corrected chi connectivity index (χ4v) is 3.07. The zero-order valence-corrected chi connectivity index (χ0v) is 16.8. The van der Waals surface area contributed by atoms with Gasteiger partial charge in [0.25, 0.3) is 0 Å². The first-order valence-electron chi connectivity index (χ1n) is 8.41. The highest BCUT2D eigenvalue weighted by molar-refractivity contribution is 6.42. The first-order chi connectivity index (χ1) is 12.6. The lowest BCUT2D eigenvalue weighted by atomic mass is 10.1. The second-order valence-corrected chi connectivity index (χ2v) is 6.86. The maximum absolute atomic E-state index is 12.1. The molecule has 3 rings (SSSR count). The molecule has 0 saturated carbocycles. The van der Waals surface area contributed by atoms with Crippen molar-refractivity contribution in [2.45, 2.75) is 31.6 Å². The number of ether oxygens (including phenoxy) is 2. The van der Waals surface area contributed by atoms with Gasteiger partial charge >= 0.3 is 0 Å². The molecule has 2 atom stereocenters. The number of carbonyl (C=O) groups excluding carboxylic acids is 1. The Morgan fingerprint density at radius 1 is 1.19 bits per heavy atom. The minimum absolute atomic E-state index is 0. The van der Waals surface area contributed by atoms with Gasteiger partial charge in [-0.05, 0) is 42.7 Å². The summed E-state index contributed by atoms with van der Waals surface area (Å²) in [6.07, 6.45) is 1.12.